The molecule has 3 rings (SSSR count). The molecule has 1 amide bonds. The van der Waals surface area contributed by atoms with Crippen molar-refractivity contribution in [3.63, 3.8) is 0 Å². The molecule has 3 heterocycles. The first-order valence-electron chi connectivity index (χ1n) is 7.22. The molecular weight excluding hydrogens is 310 g/mol. The number of nitrogens with one attached hydrogen (secondary N) is 1. The molecule has 1 aromatic heterocycles. The number of carbonyl (C=O) groups is 1. The second kappa shape index (κ2) is 6.91. The predicted octanol–water partition coefficient (Wildman–Crippen LogP) is -0.528. The third kappa shape index (κ3) is 3.10. The molecule has 0 saturated carbocycles. The molecule has 0 radical (unpaired) electrons. The van der Waals surface area contributed by atoms with Gasteiger partial charge in [0.25, 0.3) is 0 Å². The van der Waals surface area contributed by atoms with Gasteiger partial charge in [-0.05, 0) is 13.3 Å². The van der Waals surface area contributed by atoms with E-state index in [2.05, 4.69) is 15.5 Å². The van der Waals surface area contributed by atoms with E-state index in [-0.39, 0.29) is 30.4 Å². The monoisotopic (exact) mass is 331 g/mol. The van der Waals surface area contributed by atoms with Crippen molar-refractivity contribution in [2.75, 3.05) is 20.2 Å². The molecule has 0 spiro atoms. The molecule has 2 aliphatic rings. The van der Waals surface area contributed by atoms with Gasteiger partial charge in [-0.15, -0.1) is 22.6 Å². The van der Waals surface area contributed by atoms with Crippen LogP contribution in [0.3, 0.4) is 0 Å². The zero-order valence-corrected chi connectivity index (χ0v) is 13.5. The lowest BCUT2D eigenvalue weighted by molar-refractivity contribution is -0.135. The number of rotatable bonds is 3. The number of methoxy groups -OCH3 is 1. The Hall–Kier alpha value is -1.22. The maximum Gasteiger partial charge on any atom is 0.240 e. The minimum atomic E-state index is -0.432. The molecule has 1 fully saturated rings. The van der Waals surface area contributed by atoms with Crippen molar-refractivity contribution in [1.82, 2.24) is 25.0 Å². The molecular formula is C13H22ClN5O3. The lowest BCUT2D eigenvalue weighted by Crippen LogP contribution is -2.48. The highest BCUT2D eigenvalue weighted by Crippen LogP contribution is 2.23. The Kier molecular flexibility index (Phi) is 5.38. The first kappa shape index (κ1) is 17.1. The van der Waals surface area contributed by atoms with E-state index in [4.69, 9.17) is 4.74 Å². The number of amides is 1. The van der Waals surface area contributed by atoms with Gasteiger partial charge >= 0.3 is 0 Å². The summed E-state index contributed by atoms with van der Waals surface area (Å²) in [5.74, 6) is 1.61. The van der Waals surface area contributed by atoms with Gasteiger partial charge in [0.1, 0.15) is 6.61 Å². The van der Waals surface area contributed by atoms with E-state index in [9.17, 15) is 9.90 Å². The molecule has 2 N–H and O–H groups in total. The summed E-state index contributed by atoms with van der Waals surface area (Å²) in [5.41, 5.74) is 0. The number of nitrogens with zero attached hydrogens (tertiary/aromatic N) is 4. The van der Waals surface area contributed by atoms with E-state index in [1.807, 2.05) is 11.5 Å². The lowest BCUT2D eigenvalue weighted by Gasteiger charge is -2.34. The van der Waals surface area contributed by atoms with Gasteiger partial charge in [-0.1, -0.05) is 0 Å². The number of halogens is 1. The first-order valence-corrected chi connectivity index (χ1v) is 7.22. The molecule has 1 saturated heterocycles. The number of ether oxygens (including phenoxy) is 1. The molecule has 2 aliphatic heterocycles. The standard InChI is InChI=1S/C13H21N5O3.ClH/c1-8-5-17(13(20)10-3-9(19)4-14-10)6-11-15-16-12(7-21-2)18(8)11;/h8-10,14,19H,3-7H2,1-2H3;1H/t8-,9+,10+;/m0./s1. The summed E-state index contributed by atoms with van der Waals surface area (Å²) in [5, 5.41) is 20.9. The Bertz CT molecular complexity index is 538. The van der Waals surface area contributed by atoms with Crippen molar-refractivity contribution in [2.24, 2.45) is 0 Å². The maximum atomic E-state index is 12.5. The molecule has 0 unspecified atom stereocenters. The van der Waals surface area contributed by atoms with Gasteiger partial charge in [0.15, 0.2) is 11.6 Å². The minimum Gasteiger partial charge on any atom is -0.392 e. The molecule has 124 valence electrons. The van der Waals surface area contributed by atoms with Gasteiger partial charge in [0, 0.05) is 20.2 Å². The van der Waals surface area contributed by atoms with Crippen LogP contribution in [0.5, 0.6) is 0 Å². The van der Waals surface area contributed by atoms with E-state index in [0.29, 0.717) is 32.7 Å². The summed E-state index contributed by atoms with van der Waals surface area (Å²) in [7, 11) is 1.63. The molecule has 8 nitrogen and oxygen atoms in total. The van der Waals surface area contributed by atoms with Crippen LogP contribution in [0.15, 0.2) is 0 Å². The molecule has 3 atom stereocenters. The summed E-state index contributed by atoms with van der Waals surface area (Å²) < 4.78 is 7.17. The quantitative estimate of drug-likeness (QED) is 0.773. The zero-order valence-electron chi connectivity index (χ0n) is 12.7. The van der Waals surface area contributed by atoms with E-state index >= 15 is 0 Å². The van der Waals surface area contributed by atoms with E-state index in [1.165, 1.54) is 0 Å². The highest BCUT2D eigenvalue weighted by molar-refractivity contribution is 5.85. The van der Waals surface area contributed by atoms with Crippen LogP contribution in [0.2, 0.25) is 0 Å². The van der Waals surface area contributed by atoms with Crippen LogP contribution in [-0.2, 0) is 22.7 Å². The van der Waals surface area contributed by atoms with Gasteiger partial charge in [-0.3, -0.25) is 4.79 Å². The topological polar surface area (TPSA) is 92.5 Å². The van der Waals surface area contributed by atoms with Crippen molar-refractivity contribution in [3.8, 4) is 0 Å². The Labute approximate surface area is 135 Å². The van der Waals surface area contributed by atoms with Crippen molar-refractivity contribution in [3.05, 3.63) is 11.6 Å². The fourth-order valence-corrected chi connectivity index (χ4v) is 3.13. The number of carbonyl (C=O) groups excluding carboxylic acids is 1. The predicted molar refractivity (Wildman–Crippen MR) is 80.5 cm³/mol. The average molecular weight is 332 g/mol. The average Bonchev–Trinajstić information content (AvgIpc) is 3.05. The van der Waals surface area contributed by atoms with E-state index in [1.54, 1.807) is 12.0 Å². The molecule has 9 heteroatoms. The molecule has 22 heavy (non-hydrogen) atoms. The zero-order chi connectivity index (χ0) is 15.0. The SMILES string of the molecule is COCc1nnc2n1[C@@H](C)CN(C(=O)[C@H]1C[C@@H](O)CN1)C2.Cl. The minimum absolute atomic E-state index is 0. The fourth-order valence-electron chi connectivity index (χ4n) is 3.13. The van der Waals surface area contributed by atoms with E-state index < -0.39 is 6.10 Å². The molecule has 0 bridgehead atoms. The third-order valence-corrected chi connectivity index (χ3v) is 4.09. The second-order valence-corrected chi connectivity index (χ2v) is 5.75. The summed E-state index contributed by atoms with van der Waals surface area (Å²) in [4.78, 5) is 14.3. The van der Waals surface area contributed by atoms with Crippen molar-refractivity contribution in [2.45, 2.75) is 44.7 Å². The Morgan fingerprint density at radius 3 is 2.91 bits per heavy atom. The van der Waals surface area contributed by atoms with Crippen LogP contribution in [0.4, 0.5) is 0 Å². The highest BCUT2D eigenvalue weighted by Gasteiger charge is 2.35. The number of β-amino-alcohol motifs (C(OH)–C–C–N with tert-alkyl or cyclic N) is 1. The smallest absolute Gasteiger partial charge is 0.240 e. The summed E-state index contributed by atoms with van der Waals surface area (Å²) in [6.07, 6.45) is 0.0452. The number of hydrogen-bond acceptors (Lipinski definition) is 6. The largest absolute Gasteiger partial charge is 0.392 e. The number of aromatic nitrogens is 3. The van der Waals surface area contributed by atoms with Crippen LogP contribution in [0.1, 0.15) is 31.0 Å². The normalized spacial score (nSPS) is 27.4. The second-order valence-electron chi connectivity index (χ2n) is 5.75. The number of hydrogen-bond donors (Lipinski definition) is 2. The van der Waals surface area contributed by atoms with Crippen LogP contribution in [0, 0.1) is 0 Å². The third-order valence-electron chi connectivity index (χ3n) is 4.09. The molecule has 0 aliphatic carbocycles. The van der Waals surface area contributed by atoms with Gasteiger partial charge in [-0.2, -0.15) is 0 Å². The Morgan fingerprint density at radius 1 is 1.50 bits per heavy atom. The van der Waals surface area contributed by atoms with Crippen LogP contribution in [-0.4, -0.2) is 63.0 Å². The van der Waals surface area contributed by atoms with Crippen molar-refractivity contribution < 1.29 is 14.6 Å². The van der Waals surface area contributed by atoms with Gasteiger partial charge < -0.3 is 24.6 Å². The summed E-state index contributed by atoms with van der Waals surface area (Å²) in [6.45, 7) is 4.01. The molecule has 0 aromatic carbocycles. The number of aliphatic hydroxyl groups excluding tert-OH is 1. The van der Waals surface area contributed by atoms with Gasteiger partial charge in [-0.25, -0.2) is 0 Å². The van der Waals surface area contributed by atoms with E-state index in [0.717, 1.165) is 11.6 Å². The summed E-state index contributed by atoms with van der Waals surface area (Å²) >= 11 is 0. The van der Waals surface area contributed by atoms with Crippen LogP contribution >= 0.6 is 12.4 Å². The maximum absolute atomic E-state index is 12.5. The Morgan fingerprint density at radius 2 is 2.27 bits per heavy atom. The molecule has 1 aromatic rings. The first-order chi connectivity index (χ1) is 10.1. The number of fused-ring (bicyclic) bond motifs is 1. The Balaban J connectivity index is 0.00000176. The van der Waals surface area contributed by atoms with Gasteiger partial charge in [0.2, 0.25) is 5.91 Å². The van der Waals surface area contributed by atoms with Crippen molar-refractivity contribution >= 4 is 18.3 Å². The van der Waals surface area contributed by atoms with Gasteiger partial charge in [0.05, 0.1) is 24.7 Å². The fraction of sp³-hybridized carbons (Fsp3) is 0.769. The van der Waals surface area contributed by atoms with Crippen molar-refractivity contribution in [1.29, 1.82) is 0 Å². The summed E-state index contributed by atoms with van der Waals surface area (Å²) in [6, 6.07) is -0.177. The lowest BCUT2D eigenvalue weighted by atomic mass is 10.1. The highest BCUT2D eigenvalue weighted by atomic mass is 35.5. The van der Waals surface area contributed by atoms with Crippen LogP contribution < -0.4 is 5.32 Å². The van der Waals surface area contributed by atoms with Crippen LogP contribution in [0.25, 0.3) is 0 Å². The number of aliphatic hydroxyl groups is 1.